The molecule has 7 nitrogen and oxygen atoms in total. The van der Waals surface area contributed by atoms with Gasteiger partial charge in [-0.15, -0.1) is 0 Å². The van der Waals surface area contributed by atoms with E-state index in [0.29, 0.717) is 18.1 Å². The highest BCUT2D eigenvalue weighted by molar-refractivity contribution is 7.92. The maximum absolute atomic E-state index is 13.3. The minimum absolute atomic E-state index is 0.0361. The van der Waals surface area contributed by atoms with E-state index in [4.69, 9.17) is 11.6 Å². The maximum atomic E-state index is 13.3. The molecule has 1 atom stereocenters. The lowest BCUT2D eigenvalue weighted by molar-refractivity contribution is 0.162. The first kappa shape index (κ1) is 29.1. The SMILES string of the molecule is CN(C[C@@H](CCN1CCC2(CC1)CN(S(C)(=O)=O)c1ccccc12)c1cccc(Cl)c1)S(=O)(=O)c1ccccc1. The van der Waals surface area contributed by atoms with Gasteiger partial charge in [0.25, 0.3) is 0 Å². The van der Waals surface area contributed by atoms with Gasteiger partial charge in [-0.25, -0.2) is 21.1 Å². The Morgan fingerprint density at radius 3 is 2.27 bits per heavy atom. The number of fused-ring (bicyclic) bond motifs is 2. The van der Waals surface area contributed by atoms with Crippen molar-refractivity contribution in [3.8, 4) is 0 Å². The van der Waals surface area contributed by atoms with Gasteiger partial charge in [-0.3, -0.25) is 4.31 Å². The van der Waals surface area contributed by atoms with Gasteiger partial charge in [0.05, 0.1) is 16.8 Å². The summed E-state index contributed by atoms with van der Waals surface area (Å²) in [5, 5.41) is 0.631. The second kappa shape index (κ2) is 11.4. The molecule has 1 spiro atoms. The summed E-state index contributed by atoms with van der Waals surface area (Å²) in [6.07, 6.45) is 3.80. The molecule has 0 aromatic heterocycles. The molecular formula is C30H36ClN3O4S2. The van der Waals surface area contributed by atoms with E-state index in [2.05, 4.69) is 11.0 Å². The number of halogens is 1. The quantitative estimate of drug-likeness (QED) is 0.347. The Morgan fingerprint density at radius 2 is 1.60 bits per heavy atom. The molecule has 0 radical (unpaired) electrons. The highest BCUT2D eigenvalue weighted by Gasteiger charge is 2.46. The number of nitrogens with zero attached hydrogens (tertiary/aromatic N) is 3. The molecule has 0 saturated carbocycles. The third-order valence-corrected chi connectivity index (χ3v) is 11.6. The molecule has 10 heteroatoms. The Balaban J connectivity index is 1.29. The molecule has 3 aromatic carbocycles. The molecule has 0 unspecified atom stereocenters. The van der Waals surface area contributed by atoms with Crippen molar-refractivity contribution in [2.45, 2.75) is 35.5 Å². The number of hydrogen-bond donors (Lipinski definition) is 0. The van der Waals surface area contributed by atoms with Gasteiger partial charge in [0.1, 0.15) is 0 Å². The molecule has 1 saturated heterocycles. The fourth-order valence-corrected chi connectivity index (χ4v) is 8.59. The van der Waals surface area contributed by atoms with Gasteiger partial charge in [-0.2, -0.15) is 0 Å². The zero-order chi connectivity index (χ0) is 28.5. The number of sulfonamides is 2. The van der Waals surface area contributed by atoms with Crippen molar-refractivity contribution >= 4 is 37.3 Å². The predicted molar refractivity (Wildman–Crippen MR) is 161 cm³/mol. The Labute approximate surface area is 243 Å². The largest absolute Gasteiger partial charge is 0.303 e. The third-order valence-electron chi connectivity index (χ3n) is 8.45. The maximum Gasteiger partial charge on any atom is 0.242 e. The summed E-state index contributed by atoms with van der Waals surface area (Å²) < 4.78 is 54.6. The number of benzene rings is 3. The molecule has 5 rings (SSSR count). The summed E-state index contributed by atoms with van der Waals surface area (Å²) in [7, 11) is -5.34. The van der Waals surface area contributed by atoms with Crippen LogP contribution in [-0.4, -0.2) is 72.1 Å². The van der Waals surface area contributed by atoms with Crippen molar-refractivity contribution in [1.82, 2.24) is 9.21 Å². The summed E-state index contributed by atoms with van der Waals surface area (Å²) in [6, 6.07) is 24.1. The summed E-state index contributed by atoms with van der Waals surface area (Å²) in [6.45, 7) is 3.35. The molecule has 0 amide bonds. The van der Waals surface area contributed by atoms with Crippen LogP contribution in [0.3, 0.4) is 0 Å². The Kier molecular flexibility index (Phi) is 8.32. The minimum atomic E-state index is -3.62. The van der Waals surface area contributed by atoms with Crippen molar-refractivity contribution in [2.24, 2.45) is 0 Å². The number of hydrogen-bond acceptors (Lipinski definition) is 5. The van der Waals surface area contributed by atoms with Gasteiger partial charge < -0.3 is 4.90 Å². The van der Waals surface area contributed by atoms with Crippen LogP contribution in [0.25, 0.3) is 0 Å². The number of anilines is 1. The summed E-state index contributed by atoms with van der Waals surface area (Å²) >= 11 is 6.33. The number of likely N-dealkylation sites (N-methyl/N-ethyl adjacent to an activating group) is 1. The van der Waals surface area contributed by atoms with Crippen molar-refractivity contribution < 1.29 is 16.8 Å². The summed E-state index contributed by atoms with van der Waals surface area (Å²) in [5.74, 6) is -0.0361. The van der Waals surface area contributed by atoms with Crippen molar-refractivity contribution in [3.63, 3.8) is 0 Å². The smallest absolute Gasteiger partial charge is 0.242 e. The van der Waals surface area contributed by atoms with Gasteiger partial charge in [0.15, 0.2) is 0 Å². The first-order valence-electron chi connectivity index (χ1n) is 13.6. The standard InChI is InChI=1S/C30H36ClN3O4S2/c1-32(40(37,38)27-11-4-3-5-12-27)22-25(24-9-8-10-26(31)21-24)15-18-33-19-16-30(17-20-33)23-34(39(2,35)36)29-14-7-6-13-28(29)30/h3-14,21,25H,15-20,22-23H2,1-2H3/t25-/m1/s1. The van der Waals surface area contributed by atoms with Crippen LogP contribution in [0, 0.1) is 0 Å². The molecular weight excluding hydrogens is 566 g/mol. The summed E-state index contributed by atoms with van der Waals surface area (Å²) in [4.78, 5) is 2.70. The molecule has 214 valence electrons. The third kappa shape index (κ3) is 5.94. The van der Waals surface area contributed by atoms with Gasteiger partial charge in [-0.05, 0) is 86.3 Å². The molecule has 0 aliphatic carbocycles. The fourth-order valence-electron chi connectivity index (χ4n) is 6.16. The second-order valence-corrected chi connectivity index (χ2v) is 15.4. The molecule has 40 heavy (non-hydrogen) atoms. The molecule has 0 N–H and O–H groups in total. The average Bonchev–Trinajstić information content (AvgIpc) is 3.27. The molecule has 0 bridgehead atoms. The van der Waals surface area contributed by atoms with E-state index in [1.54, 1.807) is 41.7 Å². The first-order valence-corrected chi connectivity index (χ1v) is 17.2. The van der Waals surface area contributed by atoms with Crippen LogP contribution >= 0.6 is 11.6 Å². The van der Waals surface area contributed by atoms with Gasteiger partial charge in [-0.1, -0.05) is 60.1 Å². The van der Waals surface area contributed by atoms with E-state index in [-0.39, 0.29) is 16.2 Å². The van der Waals surface area contributed by atoms with E-state index < -0.39 is 20.0 Å². The molecule has 2 aliphatic rings. The van der Waals surface area contributed by atoms with E-state index in [0.717, 1.165) is 55.7 Å². The van der Waals surface area contributed by atoms with Crippen molar-refractivity contribution in [3.05, 3.63) is 95.0 Å². The fraction of sp³-hybridized carbons (Fsp3) is 0.400. The number of para-hydroxylation sites is 1. The van der Waals surface area contributed by atoms with E-state index in [9.17, 15) is 16.8 Å². The molecule has 3 aromatic rings. The lowest BCUT2D eigenvalue weighted by Crippen LogP contribution is -2.46. The Hall–Kier alpha value is -2.43. The second-order valence-electron chi connectivity index (χ2n) is 11.0. The zero-order valence-electron chi connectivity index (χ0n) is 22.9. The monoisotopic (exact) mass is 601 g/mol. The predicted octanol–water partition coefficient (Wildman–Crippen LogP) is 4.95. The lowest BCUT2D eigenvalue weighted by Gasteiger charge is -2.40. The van der Waals surface area contributed by atoms with Crippen LogP contribution in [0.5, 0.6) is 0 Å². The number of likely N-dealkylation sites (tertiary alicyclic amines) is 1. The average molecular weight is 602 g/mol. The van der Waals surface area contributed by atoms with Gasteiger partial charge in [0, 0.05) is 30.6 Å². The first-order chi connectivity index (χ1) is 19.0. The van der Waals surface area contributed by atoms with Crippen LogP contribution in [0.4, 0.5) is 5.69 Å². The normalized spacial score (nSPS) is 18.2. The van der Waals surface area contributed by atoms with Crippen LogP contribution in [0.15, 0.2) is 83.8 Å². The van der Waals surface area contributed by atoms with Crippen LogP contribution in [0.2, 0.25) is 5.02 Å². The Bertz CT molecular complexity index is 1560. The molecule has 1 fully saturated rings. The van der Waals surface area contributed by atoms with E-state index in [1.165, 1.54) is 10.6 Å². The van der Waals surface area contributed by atoms with Crippen LogP contribution < -0.4 is 4.31 Å². The topological polar surface area (TPSA) is 78.0 Å². The number of rotatable bonds is 9. The minimum Gasteiger partial charge on any atom is -0.303 e. The van der Waals surface area contributed by atoms with Gasteiger partial charge in [0.2, 0.25) is 20.0 Å². The number of piperidine rings is 1. The van der Waals surface area contributed by atoms with Crippen molar-refractivity contribution in [2.75, 3.05) is 50.3 Å². The highest BCUT2D eigenvalue weighted by atomic mass is 35.5. The van der Waals surface area contributed by atoms with E-state index >= 15 is 0 Å². The van der Waals surface area contributed by atoms with E-state index in [1.807, 2.05) is 42.5 Å². The molecule has 2 heterocycles. The van der Waals surface area contributed by atoms with Crippen LogP contribution in [-0.2, 0) is 25.5 Å². The zero-order valence-corrected chi connectivity index (χ0v) is 25.3. The lowest BCUT2D eigenvalue weighted by atomic mass is 9.74. The van der Waals surface area contributed by atoms with Crippen molar-refractivity contribution in [1.29, 1.82) is 0 Å². The highest BCUT2D eigenvalue weighted by Crippen LogP contribution is 2.47. The Morgan fingerprint density at radius 1 is 0.925 bits per heavy atom. The molecule has 2 aliphatic heterocycles. The van der Waals surface area contributed by atoms with Gasteiger partial charge >= 0.3 is 0 Å². The van der Waals surface area contributed by atoms with Crippen LogP contribution in [0.1, 0.15) is 36.3 Å². The summed E-state index contributed by atoms with van der Waals surface area (Å²) in [5.41, 5.74) is 2.78.